The molecule has 2 aliphatic heterocycles. The van der Waals surface area contributed by atoms with Crippen LogP contribution >= 0.6 is 0 Å². The van der Waals surface area contributed by atoms with Crippen molar-refractivity contribution in [2.45, 2.75) is 55.3 Å². The zero-order valence-corrected chi connectivity index (χ0v) is 21.0. The van der Waals surface area contributed by atoms with Crippen molar-refractivity contribution in [1.82, 2.24) is 0 Å². The minimum atomic E-state index is -1.87. The van der Waals surface area contributed by atoms with Gasteiger partial charge in [-0.1, -0.05) is 0 Å². The van der Waals surface area contributed by atoms with E-state index in [9.17, 15) is 50.8 Å². The molecule has 0 saturated carbocycles. The Morgan fingerprint density at radius 1 is 0.854 bits per heavy atom. The van der Waals surface area contributed by atoms with Gasteiger partial charge in [0.25, 0.3) is 0 Å². The van der Waals surface area contributed by atoms with E-state index in [1.165, 1.54) is 24.3 Å². The molecule has 0 unspecified atom stereocenters. The van der Waals surface area contributed by atoms with Gasteiger partial charge in [0, 0.05) is 17.7 Å². The largest absolute Gasteiger partial charge is 0.508 e. The van der Waals surface area contributed by atoms with Crippen molar-refractivity contribution in [3.05, 3.63) is 46.6 Å². The summed E-state index contributed by atoms with van der Waals surface area (Å²) in [6.07, 6.45) is -15.2. The van der Waals surface area contributed by atoms with E-state index in [1.807, 2.05) is 0 Å². The molecule has 0 spiro atoms. The van der Waals surface area contributed by atoms with Crippen LogP contribution in [0.25, 0.3) is 22.3 Å². The Hall–Kier alpha value is -3.51. The van der Waals surface area contributed by atoms with Gasteiger partial charge in [0.1, 0.15) is 64.8 Å². The summed E-state index contributed by atoms with van der Waals surface area (Å²) in [7, 11) is 0. The average Bonchev–Trinajstić information content (AvgIpc) is 2.93. The van der Waals surface area contributed by atoms with Gasteiger partial charge in [-0.05, 0) is 24.3 Å². The molecule has 0 aliphatic carbocycles. The molecule has 2 aliphatic rings. The van der Waals surface area contributed by atoms with Crippen LogP contribution in [-0.2, 0) is 14.2 Å². The lowest BCUT2D eigenvalue weighted by Gasteiger charge is -2.44. The first-order valence-electron chi connectivity index (χ1n) is 12.4. The molecule has 0 bridgehead atoms. The van der Waals surface area contributed by atoms with Crippen molar-refractivity contribution >= 4 is 11.0 Å². The molecular formula is C26H28O15. The lowest BCUT2D eigenvalue weighted by Crippen LogP contribution is -2.63. The summed E-state index contributed by atoms with van der Waals surface area (Å²) in [6, 6.07) is 7.36. The summed E-state index contributed by atoms with van der Waals surface area (Å²) in [4.78, 5) is 13.6. The lowest BCUT2D eigenvalue weighted by atomic mass is 9.99. The van der Waals surface area contributed by atoms with Gasteiger partial charge >= 0.3 is 0 Å². The van der Waals surface area contributed by atoms with E-state index < -0.39 is 91.2 Å². The number of hydrogen-bond acceptors (Lipinski definition) is 15. The van der Waals surface area contributed by atoms with Gasteiger partial charge in [0.15, 0.2) is 18.2 Å². The number of aliphatic hydroxyl groups excluding tert-OH is 6. The highest BCUT2D eigenvalue weighted by atomic mass is 16.8. The van der Waals surface area contributed by atoms with Crippen LogP contribution in [0.15, 0.2) is 45.6 Å². The van der Waals surface area contributed by atoms with Gasteiger partial charge in [-0.2, -0.15) is 0 Å². The number of benzene rings is 2. The molecule has 3 heterocycles. The summed E-state index contributed by atoms with van der Waals surface area (Å²) in [5, 5.41) is 90.7. The molecular weight excluding hydrogens is 552 g/mol. The van der Waals surface area contributed by atoms with E-state index in [4.69, 9.17) is 23.4 Å². The Morgan fingerprint density at radius 2 is 1.56 bits per heavy atom. The van der Waals surface area contributed by atoms with E-state index in [-0.39, 0.29) is 28.0 Å². The third-order valence-corrected chi connectivity index (χ3v) is 6.85. The Morgan fingerprint density at radius 3 is 2.24 bits per heavy atom. The fourth-order valence-corrected chi connectivity index (χ4v) is 4.64. The molecule has 9 atom stereocenters. The van der Waals surface area contributed by atoms with Crippen LogP contribution < -0.4 is 10.2 Å². The van der Waals surface area contributed by atoms with Crippen molar-refractivity contribution < 1.29 is 69.3 Å². The summed E-state index contributed by atoms with van der Waals surface area (Å²) < 4.78 is 28.1. The summed E-state index contributed by atoms with van der Waals surface area (Å²) in [5.41, 5.74) is -0.929. The molecule has 15 heteroatoms. The molecule has 0 radical (unpaired) electrons. The third-order valence-electron chi connectivity index (χ3n) is 6.85. The van der Waals surface area contributed by atoms with Crippen molar-refractivity contribution in [1.29, 1.82) is 0 Å². The highest BCUT2D eigenvalue weighted by Crippen LogP contribution is 2.37. The van der Waals surface area contributed by atoms with Gasteiger partial charge < -0.3 is 69.3 Å². The molecule has 5 rings (SSSR count). The number of rotatable bonds is 6. The van der Waals surface area contributed by atoms with E-state index in [1.54, 1.807) is 0 Å². The molecule has 41 heavy (non-hydrogen) atoms. The maximum Gasteiger partial charge on any atom is 0.239 e. The number of hydrogen-bond donors (Lipinski definition) is 9. The molecule has 3 aromatic rings. The molecule has 15 nitrogen and oxygen atoms in total. The summed E-state index contributed by atoms with van der Waals surface area (Å²) in [5.74, 6) is -1.92. The van der Waals surface area contributed by atoms with Gasteiger partial charge in [-0.15, -0.1) is 0 Å². The molecule has 1 aromatic heterocycles. The summed E-state index contributed by atoms with van der Waals surface area (Å²) >= 11 is 0. The summed E-state index contributed by atoms with van der Waals surface area (Å²) in [6.45, 7) is -1.25. The SMILES string of the molecule is O=c1c(O[C@@H]2OC[C@H](O)[C@H](O)[C@H]2O[C@@H]2O[C@H](CO)[C@@H](O)[C@H](O)[C@H]2O)c(-c2ccc(O)cc2)oc2cc(O)cc(O)c12. The fraction of sp³-hybridized carbons (Fsp3) is 0.423. The predicted molar refractivity (Wildman–Crippen MR) is 134 cm³/mol. The average molecular weight is 580 g/mol. The van der Waals surface area contributed by atoms with E-state index in [0.29, 0.717) is 0 Å². The van der Waals surface area contributed by atoms with Crippen molar-refractivity contribution in [3.63, 3.8) is 0 Å². The van der Waals surface area contributed by atoms with Crippen LogP contribution in [0, 0.1) is 0 Å². The zero-order valence-electron chi connectivity index (χ0n) is 21.0. The molecule has 9 N–H and O–H groups in total. The van der Waals surface area contributed by atoms with Crippen molar-refractivity contribution in [3.8, 4) is 34.3 Å². The first kappa shape index (κ1) is 29.0. The topological polar surface area (TPSA) is 249 Å². The Bertz CT molecular complexity index is 1440. The van der Waals surface area contributed by atoms with Gasteiger partial charge in [0.05, 0.1) is 13.2 Å². The standard InChI is InChI=1S/C26H28O15/c27-7-15-18(33)20(35)21(36)25(39-15)41-24-17(32)13(31)8-37-26(24)40-23-19(34)16-12(30)5-11(29)6-14(16)38-22(23)9-1-3-10(28)4-2-9/h1-6,13,15,17-18,20-21,24-33,35-36H,7-8H2/t13-,15+,17-,18+,20-,21+,24+,25-,26-/m0/s1. The zero-order chi connectivity index (χ0) is 29.6. The first-order chi connectivity index (χ1) is 19.5. The smallest absolute Gasteiger partial charge is 0.239 e. The second kappa shape index (κ2) is 11.4. The number of ether oxygens (including phenoxy) is 4. The number of aromatic hydroxyl groups is 3. The van der Waals surface area contributed by atoms with Crippen LogP contribution in [0.4, 0.5) is 0 Å². The third kappa shape index (κ3) is 5.42. The highest BCUT2D eigenvalue weighted by Gasteiger charge is 2.49. The Labute approximate surface area is 230 Å². The Balaban J connectivity index is 1.56. The van der Waals surface area contributed by atoms with E-state index >= 15 is 0 Å². The van der Waals surface area contributed by atoms with Gasteiger partial charge in [0.2, 0.25) is 17.5 Å². The number of aliphatic hydroxyl groups is 6. The lowest BCUT2D eigenvalue weighted by molar-refractivity contribution is -0.348. The molecule has 222 valence electrons. The van der Waals surface area contributed by atoms with Crippen LogP contribution in [0.2, 0.25) is 0 Å². The Kier molecular flexibility index (Phi) is 8.06. The maximum absolute atomic E-state index is 13.6. The second-order valence-corrected chi connectivity index (χ2v) is 9.65. The molecule has 2 aromatic carbocycles. The van der Waals surface area contributed by atoms with E-state index in [0.717, 1.165) is 12.1 Å². The first-order valence-corrected chi connectivity index (χ1v) is 12.4. The van der Waals surface area contributed by atoms with Crippen LogP contribution in [0.5, 0.6) is 23.0 Å². The highest BCUT2D eigenvalue weighted by molar-refractivity contribution is 5.88. The number of phenols is 3. The van der Waals surface area contributed by atoms with Crippen molar-refractivity contribution in [2.75, 3.05) is 13.2 Å². The number of fused-ring (bicyclic) bond motifs is 1. The van der Waals surface area contributed by atoms with E-state index in [2.05, 4.69) is 0 Å². The monoisotopic (exact) mass is 580 g/mol. The number of phenolic OH excluding ortho intramolecular Hbond substituents is 3. The normalized spacial score (nSPS) is 32.2. The molecule has 2 saturated heterocycles. The minimum absolute atomic E-state index is 0.102. The van der Waals surface area contributed by atoms with Crippen LogP contribution in [0.3, 0.4) is 0 Å². The van der Waals surface area contributed by atoms with Gasteiger partial charge in [-0.3, -0.25) is 4.79 Å². The fourth-order valence-electron chi connectivity index (χ4n) is 4.64. The predicted octanol–water partition coefficient (Wildman–Crippen LogP) is -1.78. The van der Waals surface area contributed by atoms with Crippen LogP contribution in [-0.4, -0.2) is 114 Å². The van der Waals surface area contributed by atoms with Crippen molar-refractivity contribution in [2.24, 2.45) is 0 Å². The van der Waals surface area contributed by atoms with Crippen LogP contribution in [0.1, 0.15) is 0 Å². The second-order valence-electron chi connectivity index (χ2n) is 9.65. The molecule has 2 fully saturated rings. The minimum Gasteiger partial charge on any atom is -0.508 e. The quantitative estimate of drug-likeness (QED) is 0.156. The molecule has 0 amide bonds. The maximum atomic E-state index is 13.6. The van der Waals surface area contributed by atoms with Gasteiger partial charge in [-0.25, -0.2) is 0 Å².